The summed E-state index contributed by atoms with van der Waals surface area (Å²) in [6.07, 6.45) is 1.51. The third-order valence-corrected chi connectivity index (χ3v) is 5.87. The maximum Gasteiger partial charge on any atom is 0.298 e. The zero-order valence-corrected chi connectivity index (χ0v) is 19.0. The fourth-order valence-corrected chi connectivity index (χ4v) is 4.15. The molecule has 0 unspecified atom stereocenters. The van der Waals surface area contributed by atoms with E-state index in [0.29, 0.717) is 26.7 Å². The van der Waals surface area contributed by atoms with Crippen LogP contribution in [0.15, 0.2) is 60.8 Å². The third kappa shape index (κ3) is 4.30. The number of ketones is 1. The maximum absolute atomic E-state index is 13.1. The molecule has 4 rings (SSSR count). The Balaban J connectivity index is 1.80. The Morgan fingerprint density at radius 1 is 1.06 bits per heavy atom. The lowest BCUT2D eigenvalue weighted by Gasteiger charge is -2.10. The van der Waals surface area contributed by atoms with Crippen LogP contribution in [0.4, 0.5) is 5.82 Å². The average molecular weight is 489 g/mol. The second-order valence-electron chi connectivity index (χ2n) is 6.87. The minimum absolute atomic E-state index is 0.0686. The summed E-state index contributed by atoms with van der Waals surface area (Å²) >= 11 is 19.0. The number of pyridine rings is 1. The number of amides is 1. The monoisotopic (exact) mass is 487 g/mol. The second-order valence-corrected chi connectivity index (χ2v) is 8.07. The number of methoxy groups -OCH3 is 1. The molecule has 0 saturated carbocycles. The van der Waals surface area contributed by atoms with Gasteiger partial charge in [-0.2, -0.15) is 0 Å². The Hall–Kier alpha value is -3.06. The van der Waals surface area contributed by atoms with E-state index in [1.165, 1.54) is 13.3 Å². The first-order chi connectivity index (χ1) is 15.4. The number of Topliss-reactive ketones (excluding diaryl/α,β-unsaturated/α-hetero) is 1. The van der Waals surface area contributed by atoms with Crippen LogP contribution >= 0.6 is 34.8 Å². The minimum atomic E-state index is -0.850. The topological polar surface area (TPSA) is 73.2 Å². The third-order valence-electron chi connectivity index (χ3n) is 4.89. The highest BCUT2D eigenvalue weighted by Gasteiger charge is 2.27. The van der Waals surface area contributed by atoms with Gasteiger partial charge in [-0.05, 0) is 48.0 Å². The number of fused-ring (bicyclic) bond motifs is 1. The van der Waals surface area contributed by atoms with Crippen LogP contribution < -0.4 is 10.1 Å². The molecular weight excluding hydrogens is 473 g/mol. The molecule has 0 aliphatic heterocycles. The molecule has 2 aromatic heterocycles. The normalized spacial score (nSPS) is 10.9. The number of ether oxygens (including phenoxy) is 1. The lowest BCUT2D eigenvalue weighted by molar-refractivity contribution is -0.112. The van der Waals surface area contributed by atoms with Crippen LogP contribution in [0.2, 0.25) is 15.2 Å². The summed E-state index contributed by atoms with van der Waals surface area (Å²) in [6.45, 7) is 0.271. The van der Waals surface area contributed by atoms with Crippen LogP contribution in [0.1, 0.15) is 15.9 Å². The van der Waals surface area contributed by atoms with Crippen LogP contribution in [-0.4, -0.2) is 28.4 Å². The number of rotatable bonds is 6. The molecule has 0 atom stereocenters. The molecule has 4 aromatic rings. The van der Waals surface area contributed by atoms with Gasteiger partial charge in [0.1, 0.15) is 16.7 Å². The molecule has 9 heteroatoms. The number of nitrogens with one attached hydrogen (secondary N) is 1. The Morgan fingerprint density at radius 3 is 2.56 bits per heavy atom. The molecule has 0 fully saturated rings. The number of hydrogen-bond donors (Lipinski definition) is 1. The highest BCUT2D eigenvalue weighted by Crippen LogP contribution is 2.35. The number of hydrogen-bond acceptors (Lipinski definition) is 4. The molecule has 162 valence electrons. The van der Waals surface area contributed by atoms with E-state index >= 15 is 0 Å². The quantitative estimate of drug-likeness (QED) is 0.272. The highest BCUT2D eigenvalue weighted by molar-refractivity contribution is 6.51. The van der Waals surface area contributed by atoms with Crippen molar-refractivity contribution >= 4 is 63.2 Å². The molecule has 1 N–H and O–H groups in total. The summed E-state index contributed by atoms with van der Waals surface area (Å²) in [5.41, 5.74) is 1.47. The van der Waals surface area contributed by atoms with E-state index < -0.39 is 11.7 Å². The van der Waals surface area contributed by atoms with Gasteiger partial charge in [0, 0.05) is 21.6 Å². The molecule has 2 aromatic carbocycles. The molecule has 2 heterocycles. The predicted molar refractivity (Wildman–Crippen MR) is 126 cm³/mol. The summed E-state index contributed by atoms with van der Waals surface area (Å²) in [5, 5.41) is 4.07. The number of nitrogens with zero attached hydrogens (tertiary/aromatic N) is 2. The van der Waals surface area contributed by atoms with Crippen LogP contribution in [0.5, 0.6) is 5.75 Å². The zero-order chi connectivity index (χ0) is 22.8. The fourth-order valence-electron chi connectivity index (χ4n) is 3.34. The molecule has 1 amide bonds. The molecule has 0 spiro atoms. The van der Waals surface area contributed by atoms with Crippen molar-refractivity contribution < 1.29 is 14.3 Å². The lowest BCUT2D eigenvalue weighted by Crippen LogP contribution is -2.23. The Bertz CT molecular complexity index is 1340. The molecular formula is C23H16Cl3N3O3. The van der Waals surface area contributed by atoms with Crippen LogP contribution in [-0.2, 0) is 11.3 Å². The van der Waals surface area contributed by atoms with E-state index in [1.54, 1.807) is 59.2 Å². The van der Waals surface area contributed by atoms with Crippen molar-refractivity contribution in [3.05, 3.63) is 87.1 Å². The van der Waals surface area contributed by atoms with Gasteiger partial charge in [0.15, 0.2) is 0 Å². The summed E-state index contributed by atoms with van der Waals surface area (Å²) in [7, 11) is 1.52. The van der Waals surface area contributed by atoms with Gasteiger partial charge in [-0.3, -0.25) is 9.59 Å². The smallest absolute Gasteiger partial charge is 0.298 e. The Labute approximate surface area is 198 Å². The Morgan fingerprint density at radius 2 is 1.88 bits per heavy atom. The number of aromatic nitrogens is 2. The van der Waals surface area contributed by atoms with E-state index in [-0.39, 0.29) is 23.1 Å². The standard InChI is InChI=1S/C23H16Cl3N3O3/c1-32-15-7-8-18-16(11-15)20(21(30)23(31)28-19-4-2-3-9-27-19)22(26)29(18)12-13-5-6-14(24)10-17(13)25/h2-11H,12H2,1H3,(H,27,28,31). The highest BCUT2D eigenvalue weighted by atomic mass is 35.5. The van der Waals surface area contributed by atoms with Crippen LogP contribution in [0.3, 0.4) is 0 Å². The SMILES string of the molecule is COc1ccc2c(c1)c(C(=O)C(=O)Nc1ccccn1)c(Cl)n2Cc1ccc(Cl)cc1Cl. The number of carbonyl (C=O) groups excluding carboxylic acids is 2. The van der Waals surface area contributed by atoms with Gasteiger partial charge in [0.05, 0.1) is 24.7 Å². The van der Waals surface area contributed by atoms with Crippen molar-refractivity contribution in [1.29, 1.82) is 0 Å². The van der Waals surface area contributed by atoms with Gasteiger partial charge >= 0.3 is 0 Å². The number of halogens is 3. The molecule has 32 heavy (non-hydrogen) atoms. The van der Waals surface area contributed by atoms with E-state index in [2.05, 4.69) is 10.3 Å². The van der Waals surface area contributed by atoms with Crippen molar-refractivity contribution in [2.75, 3.05) is 12.4 Å². The number of carbonyl (C=O) groups is 2. The molecule has 0 aliphatic rings. The molecule has 0 bridgehead atoms. The predicted octanol–water partition coefficient (Wildman–Crippen LogP) is 5.87. The van der Waals surface area contributed by atoms with Crippen molar-refractivity contribution in [3.8, 4) is 5.75 Å². The average Bonchev–Trinajstić information content (AvgIpc) is 3.06. The van der Waals surface area contributed by atoms with Crippen molar-refractivity contribution in [1.82, 2.24) is 9.55 Å². The van der Waals surface area contributed by atoms with Crippen molar-refractivity contribution in [2.24, 2.45) is 0 Å². The Kier molecular flexibility index (Phi) is 6.37. The van der Waals surface area contributed by atoms with E-state index in [9.17, 15) is 9.59 Å². The summed E-state index contributed by atoms with van der Waals surface area (Å²) in [6, 6.07) is 15.3. The van der Waals surface area contributed by atoms with Gasteiger partial charge in [-0.15, -0.1) is 0 Å². The first-order valence-electron chi connectivity index (χ1n) is 9.45. The largest absolute Gasteiger partial charge is 0.497 e. The lowest BCUT2D eigenvalue weighted by atomic mass is 10.1. The molecule has 6 nitrogen and oxygen atoms in total. The van der Waals surface area contributed by atoms with Gasteiger partial charge in [0.25, 0.3) is 11.7 Å². The van der Waals surface area contributed by atoms with Crippen LogP contribution in [0.25, 0.3) is 10.9 Å². The number of benzene rings is 2. The van der Waals surface area contributed by atoms with E-state index in [1.807, 2.05) is 0 Å². The maximum atomic E-state index is 13.1. The summed E-state index contributed by atoms with van der Waals surface area (Å²) < 4.78 is 7.02. The van der Waals surface area contributed by atoms with Gasteiger partial charge in [-0.25, -0.2) is 4.98 Å². The van der Waals surface area contributed by atoms with E-state index in [0.717, 1.165) is 5.56 Å². The van der Waals surface area contributed by atoms with Crippen molar-refractivity contribution in [2.45, 2.75) is 6.54 Å². The number of anilines is 1. The van der Waals surface area contributed by atoms with Gasteiger partial charge in [-0.1, -0.05) is 46.9 Å². The van der Waals surface area contributed by atoms with Gasteiger partial charge < -0.3 is 14.6 Å². The van der Waals surface area contributed by atoms with Crippen molar-refractivity contribution in [3.63, 3.8) is 0 Å². The first-order valence-corrected chi connectivity index (χ1v) is 10.6. The van der Waals surface area contributed by atoms with Crippen LogP contribution in [0, 0.1) is 0 Å². The molecule has 0 saturated heterocycles. The fraction of sp³-hybridized carbons (Fsp3) is 0.0870. The second kappa shape index (κ2) is 9.20. The first kappa shape index (κ1) is 22.1. The molecule has 0 aliphatic carbocycles. The summed E-state index contributed by atoms with van der Waals surface area (Å²) in [4.78, 5) is 29.8. The minimum Gasteiger partial charge on any atom is -0.497 e. The zero-order valence-electron chi connectivity index (χ0n) is 16.7. The molecule has 0 radical (unpaired) electrons. The van der Waals surface area contributed by atoms with E-state index in [4.69, 9.17) is 39.5 Å². The van der Waals surface area contributed by atoms with Gasteiger partial charge in [0.2, 0.25) is 0 Å². The summed E-state index contributed by atoms with van der Waals surface area (Å²) in [5.74, 6) is -0.858.